The minimum atomic E-state index is 0.0430. The third kappa shape index (κ3) is 3.66. The second-order valence-electron chi connectivity index (χ2n) is 6.76. The first-order valence-corrected chi connectivity index (χ1v) is 8.78. The van der Waals surface area contributed by atoms with E-state index >= 15 is 0 Å². The summed E-state index contributed by atoms with van der Waals surface area (Å²) >= 11 is 2.03. The van der Waals surface area contributed by atoms with Crippen LogP contribution < -0.4 is 5.32 Å². The van der Waals surface area contributed by atoms with Gasteiger partial charge in [-0.05, 0) is 42.1 Å². The zero-order valence-corrected chi connectivity index (χ0v) is 13.5. The lowest BCUT2D eigenvalue weighted by Crippen LogP contribution is -2.43. The molecule has 4 heteroatoms. The summed E-state index contributed by atoms with van der Waals surface area (Å²) in [5.41, 5.74) is 0. The molecule has 2 aliphatic heterocycles. The summed E-state index contributed by atoms with van der Waals surface area (Å²) < 4.78 is 0. The second-order valence-corrected chi connectivity index (χ2v) is 7.91. The van der Waals surface area contributed by atoms with Gasteiger partial charge in [-0.25, -0.2) is 0 Å². The maximum atomic E-state index is 12.6. The van der Waals surface area contributed by atoms with Gasteiger partial charge in [-0.2, -0.15) is 11.8 Å². The molecule has 0 spiro atoms. The molecule has 0 saturated carbocycles. The molecule has 0 radical (unpaired) electrons. The number of carbonyl (C=O) groups excluding carboxylic acids is 1. The predicted octanol–water partition coefficient (Wildman–Crippen LogP) is 2.57. The van der Waals surface area contributed by atoms with Crippen LogP contribution in [0, 0.1) is 17.8 Å². The third-order valence-corrected chi connectivity index (χ3v) is 5.34. The van der Waals surface area contributed by atoms with Crippen LogP contribution in [0.5, 0.6) is 0 Å². The van der Waals surface area contributed by atoms with E-state index in [2.05, 4.69) is 37.9 Å². The minimum absolute atomic E-state index is 0.0430. The summed E-state index contributed by atoms with van der Waals surface area (Å²) in [6.45, 7) is 9.75. The van der Waals surface area contributed by atoms with Crippen molar-refractivity contribution in [3.05, 3.63) is 0 Å². The normalized spacial score (nSPS) is 32.0. The summed E-state index contributed by atoms with van der Waals surface area (Å²) in [5, 5.41) is 3.57. The van der Waals surface area contributed by atoms with Gasteiger partial charge in [0.25, 0.3) is 0 Å². The lowest BCUT2D eigenvalue weighted by Gasteiger charge is -2.29. The van der Waals surface area contributed by atoms with Crippen LogP contribution in [0.3, 0.4) is 0 Å². The van der Waals surface area contributed by atoms with Crippen LogP contribution in [-0.4, -0.2) is 41.1 Å². The number of rotatable bonds is 5. The Morgan fingerprint density at radius 1 is 1.37 bits per heavy atom. The first-order chi connectivity index (χ1) is 8.99. The standard InChI is InChI=1S/C15H28N2OS/c1-10(2)7-13-15(18)17(14(16-13)11(3)4)8-12-5-6-19-9-12/h10-14,16H,5-9H2,1-4H3. The Bertz CT molecular complexity index is 313. The number of thioether (sulfide) groups is 1. The van der Waals surface area contributed by atoms with E-state index in [1.807, 2.05) is 11.8 Å². The molecule has 0 aromatic heterocycles. The Kier molecular flexibility index (Phi) is 5.18. The van der Waals surface area contributed by atoms with Crippen LogP contribution in [0.15, 0.2) is 0 Å². The molecule has 0 aromatic carbocycles. The molecule has 3 unspecified atom stereocenters. The Morgan fingerprint density at radius 3 is 2.63 bits per heavy atom. The average molecular weight is 284 g/mol. The number of hydrogen-bond acceptors (Lipinski definition) is 3. The van der Waals surface area contributed by atoms with Gasteiger partial charge >= 0.3 is 0 Å². The van der Waals surface area contributed by atoms with Gasteiger partial charge in [0.2, 0.25) is 5.91 Å². The first kappa shape index (κ1) is 15.2. The smallest absolute Gasteiger partial charge is 0.241 e. The molecule has 2 rings (SSSR count). The summed E-state index contributed by atoms with van der Waals surface area (Å²) in [6, 6.07) is 0.0430. The first-order valence-electron chi connectivity index (χ1n) is 7.63. The Hall–Kier alpha value is -0.220. The van der Waals surface area contributed by atoms with Gasteiger partial charge in [-0.15, -0.1) is 0 Å². The lowest BCUT2D eigenvalue weighted by atomic mass is 10.0. The molecule has 0 bridgehead atoms. The largest absolute Gasteiger partial charge is 0.325 e. The molecule has 2 heterocycles. The van der Waals surface area contributed by atoms with E-state index in [0.717, 1.165) is 13.0 Å². The fourth-order valence-corrected chi connectivity index (χ4v) is 4.38. The Morgan fingerprint density at radius 2 is 2.11 bits per heavy atom. The zero-order chi connectivity index (χ0) is 14.0. The molecule has 0 aromatic rings. The highest BCUT2D eigenvalue weighted by atomic mass is 32.2. The molecular weight excluding hydrogens is 256 g/mol. The van der Waals surface area contributed by atoms with Gasteiger partial charge in [0, 0.05) is 6.54 Å². The van der Waals surface area contributed by atoms with Crippen LogP contribution in [0.2, 0.25) is 0 Å². The van der Waals surface area contributed by atoms with Crippen molar-refractivity contribution in [3.8, 4) is 0 Å². The minimum Gasteiger partial charge on any atom is -0.325 e. The maximum Gasteiger partial charge on any atom is 0.241 e. The van der Waals surface area contributed by atoms with Gasteiger partial charge in [0.1, 0.15) is 0 Å². The van der Waals surface area contributed by atoms with Crippen LogP contribution in [0.4, 0.5) is 0 Å². The Labute approximate surface area is 121 Å². The molecule has 110 valence electrons. The van der Waals surface area contributed by atoms with E-state index in [4.69, 9.17) is 0 Å². The second kappa shape index (κ2) is 6.49. The van der Waals surface area contributed by atoms with Crippen molar-refractivity contribution in [3.63, 3.8) is 0 Å². The highest BCUT2D eigenvalue weighted by Gasteiger charge is 2.41. The van der Waals surface area contributed by atoms with Crippen molar-refractivity contribution in [2.75, 3.05) is 18.1 Å². The summed E-state index contributed by atoms with van der Waals surface area (Å²) in [7, 11) is 0. The SMILES string of the molecule is CC(C)CC1NC(C(C)C)N(CC2CCSC2)C1=O. The van der Waals surface area contributed by atoms with E-state index < -0.39 is 0 Å². The van der Waals surface area contributed by atoms with E-state index in [1.165, 1.54) is 17.9 Å². The van der Waals surface area contributed by atoms with E-state index in [9.17, 15) is 4.79 Å². The van der Waals surface area contributed by atoms with Gasteiger partial charge in [0.05, 0.1) is 12.2 Å². The van der Waals surface area contributed by atoms with Gasteiger partial charge in [-0.1, -0.05) is 27.7 Å². The summed E-state index contributed by atoms with van der Waals surface area (Å²) in [4.78, 5) is 14.7. The number of amides is 1. The molecule has 1 amide bonds. The van der Waals surface area contributed by atoms with Crippen molar-refractivity contribution >= 4 is 17.7 Å². The van der Waals surface area contributed by atoms with Crippen molar-refractivity contribution in [2.24, 2.45) is 17.8 Å². The fraction of sp³-hybridized carbons (Fsp3) is 0.933. The molecular formula is C15H28N2OS. The van der Waals surface area contributed by atoms with Gasteiger partial charge in [0.15, 0.2) is 0 Å². The lowest BCUT2D eigenvalue weighted by molar-refractivity contribution is -0.131. The van der Waals surface area contributed by atoms with E-state index in [-0.39, 0.29) is 12.2 Å². The Balaban J connectivity index is 2.02. The van der Waals surface area contributed by atoms with Crippen LogP contribution in [-0.2, 0) is 4.79 Å². The zero-order valence-electron chi connectivity index (χ0n) is 12.7. The third-order valence-electron chi connectivity index (χ3n) is 4.11. The highest BCUT2D eigenvalue weighted by Crippen LogP contribution is 2.28. The molecule has 2 fully saturated rings. The van der Waals surface area contributed by atoms with Crippen molar-refractivity contribution < 1.29 is 4.79 Å². The average Bonchev–Trinajstić information content (AvgIpc) is 2.91. The van der Waals surface area contributed by atoms with Crippen LogP contribution in [0.1, 0.15) is 40.5 Å². The molecule has 3 atom stereocenters. The number of nitrogens with zero attached hydrogens (tertiary/aromatic N) is 1. The van der Waals surface area contributed by atoms with Crippen LogP contribution in [0.25, 0.3) is 0 Å². The molecule has 2 aliphatic rings. The van der Waals surface area contributed by atoms with E-state index in [1.54, 1.807) is 0 Å². The van der Waals surface area contributed by atoms with Crippen LogP contribution >= 0.6 is 11.8 Å². The van der Waals surface area contributed by atoms with Crippen molar-refractivity contribution in [1.82, 2.24) is 10.2 Å². The number of carbonyl (C=O) groups is 1. The van der Waals surface area contributed by atoms with Gasteiger partial charge in [-0.3, -0.25) is 10.1 Å². The maximum absolute atomic E-state index is 12.6. The predicted molar refractivity (Wildman–Crippen MR) is 82.1 cm³/mol. The monoisotopic (exact) mass is 284 g/mol. The molecule has 1 N–H and O–H groups in total. The van der Waals surface area contributed by atoms with E-state index in [0.29, 0.717) is 23.7 Å². The molecule has 3 nitrogen and oxygen atoms in total. The number of hydrogen-bond donors (Lipinski definition) is 1. The molecule has 2 saturated heterocycles. The summed E-state index contributed by atoms with van der Waals surface area (Å²) in [5.74, 6) is 4.58. The number of nitrogens with one attached hydrogen (secondary N) is 1. The van der Waals surface area contributed by atoms with Gasteiger partial charge < -0.3 is 4.90 Å². The molecule has 0 aliphatic carbocycles. The molecule has 19 heavy (non-hydrogen) atoms. The topological polar surface area (TPSA) is 32.3 Å². The summed E-state index contributed by atoms with van der Waals surface area (Å²) in [6.07, 6.45) is 2.47. The fourth-order valence-electron chi connectivity index (χ4n) is 3.11. The quantitative estimate of drug-likeness (QED) is 0.842. The van der Waals surface area contributed by atoms with Crippen molar-refractivity contribution in [2.45, 2.75) is 52.7 Å². The van der Waals surface area contributed by atoms with Crippen molar-refractivity contribution in [1.29, 1.82) is 0 Å². The highest BCUT2D eigenvalue weighted by molar-refractivity contribution is 7.99.